The highest BCUT2D eigenvalue weighted by molar-refractivity contribution is 5.96. The van der Waals surface area contributed by atoms with Crippen LogP contribution in [-0.4, -0.2) is 43.6 Å². The van der Waals surface area contributed by atoms with Gasteiger partial charge in [-0.25, -0.2) is 4.79 Å². The monoisotopic (exact) mass is 406 g/mol. The molecular formula is C21H30N2O6. The first-order valence-electron chi connectivity index (χ1n) is 9.86. The maximum Gasteiger partial charge on any atom is 0.342 e. The Balaban J connectivity index is 2.37. The zero-order valence-electron chi connectivity index (χ0n) is 17.5. The molecule has 0 saturated carbocycles. The lowest BCUT2D eigenvalue weighted by Crippen LogP contribution is -2.53. The molecule has 1 heterocycles. The zero-order valence-corrected chi connectivity index (χ0v) is 17.5. The Bertz CT molecular complexity index is 688. The first-order valence-corrected chi connectivity index (χ1v) is 9.86. The minimum absolute atomic E-state index is 0.0968. The molecule has 1 aromatic carbocycles. The highest BCUT2D eigenvalue weighted by Gasteiger charge is 2.49. The molecule has 8 heteroatoms. The Labute approximate surface area is 171 Å². The van der Waals surface area contributed by atoms with E-state index in [1.165, 1.54) is 20.6 Å². The largest absolute Gasteiger partial charge is 0.459 e. The molecule has 1 aromatic rings. The van der Waals surface area contributed by atoms with Gasteiger partial charge in [-0.2, -0.15) is 4.99 Å². The average Bonchev–Trinajstić information content (AvgIpc) is 3.29. The third-order valence-electron chi connectivity index (χ3n) is 4.68. The number of esters is 1. The SMILES string of the molecule is CCCCCC(CC)OC(=O)C(=Cc1ccccc1)C(OC)(OC)N1C=NOO1. The fourth-order valence-corrected chi connectivity index (χ4v) is 3.04. The predicted octanol–water partition coefficient (Wildman–Crippen LogP) is 4.04. The van der Waals surface area contributed by atoms with Gasteiger partial charge in [-0.05, 0) is 41.0 Å². The second-order valence-electron chi connectivity index (χ2n) is 6.59. The van der Waals surface area contributed by atoms with Crippen LogP contribution in [0.1, 0.15) is 51.5 Å². The number of methoxy groups -OCH3 is 2. The lowest BCUT2D eigenvalue weighted by Gasteiger charge is -2.35. The molecule has 0 fully saturated rings. The van der Waals surface area contributed by atoms with E-state index >= 15 is 0 Å². The van der Waals surface area contributed by atoms with Crippen molar-refractivity contribution in [3.8, 4) is 0 Å². The van der Waals surface area contributed by atoms with E-state index in [4.69, 9.17) is 19.2 Å². The number of unbranched alkanes of at least 4 members (excludes halogenated alkanes) is 2. The Morgan fingerprint density at radius 3 is 2.48 bits per heavy atom. The van der Waals surface area contributed by atoms with Crippen LogP contribution in [0.25, 0.3) is 6.08 Å². The minimum Gasteiger partial charge on any atom is -0.459 e. The summed E-state index contributed by atoms with van der Waals surface area (Å²) in [7, 11) is 2.79. The topological polar surface area (TPSA) is 78.8 Å². The van der Waals surface area contributed by atoms with Crippen molar-refractivity contribution in [1.29, 1.82) is 0 Å². The standard InChI is InChI=1S/C21H30N2O6/c1-5-7-9-14-18(6-2)27-20(24)19(15-17-12-10-8-11-13-17)21(25-3,26-4)23-16-22-28-29-23/h8,10-13,15-16,18H,5-7,9,14H2,1-4H3. The van der Waals surface area contributed by atoms with Gasteiger partial charge in [0.1, 0.15) is 11.7 Å². The average molecular weight is 406 g/mol. The third-order valence-corrected chi connectivity index (χ3v) is 4.68. The van der Waals surface area contributed by atoms with Crippen molar-refractivity contribution >= 4 is 18.4 Å². The summed E-state index contributed by atoms with van der Waals surface area (Å²) in [6.07, 6.45) is 7.36. The predicted molar refractivity (Wildman–Crippen MR) is 108 cm³/mol. The van der Waals surface area contributed by atoms with E-state index in [2.05, 4.69) is 17.1 Å². The molecule has 29 heavy (non-hydrogen) atoms. The van der Waals surface area contributed by atoms with Crippen molar-refractivity contribution in [2.45, 2.75) is 58.0 Å². The summed E-state index contributed by atoms with van der Waals surface area (Å²) in [6, 6.07) is 9.34. The molecule has 0 saturated heterocycles. The summed E-state index contributed by atoms with van der Waals surface area (Å²) in [4.78, 5) is 22.8. The molecule has 0 N–H and O–H groups in total. The van der Waals surface area contributed by atoms with Gasteiger partial charge in [0.2, 0.25) is 0 Å². The third kappa shape index (κ3) is 5.79. The molecule has 8 nitrogen and oxygen atoms in total. The van der Waals surface area contributed by atoms with Crippen LogP contribution in [-0.2, 0) is 29.0 Å². The van der Waals surface area contributed by atoms with Crippen molar-refractivity contribution in [2.75, 3.05) is 14.2 Å². The van der Waals surface area contributed by atoms with Gasteiger partial charge in [-0.15, -0.1) is 5.06 Å². The van der Waals surface area contributed by atoms with Crippen molar-refractivity contribution < 1.29 is 29.0 Å². The Hall–Kier alpha value is -2.42. The number of hydrogen-bond donors (Lipinski definition) is 0. The summed E-state index contributed by atoms with van der Waals surface area (Å²) in [5.41, 5.74) is 0.869. The molecule has 2 rings (SSSR count). The van der Waals surface area contributed by atoms with E-state index in [1.54, 1.807) is 6.08 Å². The minimum atomic E-state index is -1.74. The summed E-state index contributed by atoms with van der Waals surface area (Å²) >= 11 is 0. The van der Waals surface area contributed by atoms with Gasteiger partial charge in [0.25, 0.3) is 0 Å². The van der Waals surface area contributed by atoms with Crippen molar-refractivity contribution in [3.63, 3.8) is 0 Å². The molecule has 160 valence electrons. The molecular weight excluding hydrogens is 376 g/mol. The highest BCUT2D eigenvalue weighted by atomic mass is 17.3. The first kappa shape index (κ1) is 22.9. The fourth-order valence-electron chi connectivity index (χ4n) is 3.04. The van der Waals surface area contributed by atoms with E-state index in [0.29, 0.717) is 6.42 Å². The van der Waals surface area contributed by atoms with Crippen LogP contribution in [0.5, 0.6) is 0 Å². The van der Waals surface area contributed by atoms with E-state index < -0.39 is 11.9 Å². The number of carbonyl (C=O) groups is 1. The lowest BCUT2D eigenvalue weighted by molar-refractivity contribution is -0.456. The second-order valence-corrected chi connectivity index (χ2v) is 6.59. The van der Waals surface area contributed by atoms with Gasteiger partial charge in [0, 0.05) is 14.2 Å². The normalized spacial score (nSPS) is 15.3. The van der Waals surface area contributed by atoms with Crippen LogP contribution in [0, 0.1) is 0 Å². The number of carbonyl (C=O) groups excluding carboxylic acids is 1. The first-order chi connectivity index (χ1) is 14.1. The van der Waals surface area contributed by atoms with Crippen LogP contribution in [0.15, 0.2) is 41.1 Å². The molecule has 0 amide bonds. The molecule has 1 aliphatic heterocycles. The van der Waals surface area contributed by atoms with E-state index in [9.17, 15) is 4.79 Å². The number of hydrogen-bond acceptors (Lipinski definition) is 8. The van der Waals surface area contributed by atoms with Crippen molar-refractivity contribution in [3.05, 3.63) is 41.5 Å². The molecule has 0 aliphatic carbocycles. The van der Waals surface area contributed by atoms with Gasteiger partial charge < -0.3 is 14.2 Å². The lowest BCUT2D eigenvalue weighted by atomic mass is 10.1. The number of hydroxylamine groups is 2. The van der Waals surface area contributed by atoms with Crippen molar-refractivity contribution in [1.82, 2.24) is 5.06 Å². The van der Waals surface area contributed by atoms with Crippen LogP contribution >= 0.6 is 0 Å². The number of oxime groups is 1. The highest BCUT2D eigenvalue weighted by Crippen LogP contribution is 2.31. The quantitative estimate of drug-likeness (QED) is 0.170. The van der Waals surface area contributed by atoms with Gasteiger partial charge in [0.15, 0.2) is 6.34 Å². The second kappa shape index (κ2) is 11.5. The number of nitrogens with zero attached hydrogens (tertiary/aromatic N) is 2. The van der Waals surface area contributed by atoms with Crippen LogP contribution in [0.3, 0.4) is 0 Å². The molecule has 1 atom stereocenters. The Morgan fingerprint density at radius 1 is 1.21 bits per heavy atom. The van der Waals surface area contributed by atoms with Gasteiger partial charge in [0.05, 0.1) is 0 Å². The maximum atomic E-state index is 13.3. The smallest absolute Gasteiger partial charge is 0.342 e. The van der Waals surface area contributed by atoms with E-state index in [1.807, 2.05) is 37.3 Å². The van der Waals surface area contributed by atoms with Gasteiger partial charge in [-0.3, -0.25) is 0 Å². The van der Waals surface area contributed by atoms with Crippen molar-refractivity contribution in [2.24, 2.45) is 5.16 Å². The number of ether oxygens (including phenoxy) is 3. The van der Waals surface area contributed by atoms with Gasteiger partial charge in [-0.1, -0.05) is 57.0 Å². The van der Waals surface area contributed by atoms with Crippen LogP contribution in [0.4, 0.5) is 0 Å². The van der Waals surface area contributed by atoms with E-state index in [0.717, 1.165) is 36.3 Å². The van der Waals surface area contributed by atoms with Crippen LogP contribution < -0.4 is 0 Å². The van der Waals surface area contributed by atoms with E-state index in [-0.39, 0.29) is 11.7 Å². The fraction of sp³-hybridized carbons (Fsp3) is 0.524. The molecule has 0 spiro atoms. The molecule has 0 radical (unpaired) electrons. The molecule has 0 aromatic heterocycles. The summed E-state index contributed by atoms with van der Waals surface area (Å²) in [5.74, 6) is -2.31. The number of benzene rings is 1. The van der Waals surface area contributed by atoms with Gasteiger partial charge >= 0.3 is 11.9 Å². The number of rotatable bonds is 12. The Morgan fingerprint density at radius 2 is 1.93 bits per heavy atom. The molecule has 0 bridgehead atoms. The summed E-state index contributed by atoms with van der Waals surface area (Å²) in [6.45, 7) is 4.13. The summed E-state index contributed by atoms with van der Waals surface area (Å²) in [5, 5.41) is 4.61. The van der Waals surface area contributed by atoms with Crippen LogP contribution in [0.2, 0.25) is 0 Å². The zero-order chi connectivity index (χ0) is 21.1. The molecule has 1 unspecified atom stereocenters. The molecule has 1 aliphatic rings. The maximum absolute atomic E-state index is 13.3. The summed E-state index contributed by atoms with van der Waals surface area (Å²) < 4.78 is 17.0. The Kier molecular flexibility index (Phi) is 9.11.